The standard InChI is InChI=1S/C34H40F6N6O4/c1-5-26-13-28(14-27(6-2)46(26)32(48)50-29-9-20(10-29)11-30(47)49-4)45(31-41-15-22(16-42-31)23-17-43-44(3)19-23)18-21-7-24(33(35,36)37)12-25(8-21)34(38,39)40/h7-8,12,15-17,19-20,26-29H,5-6,9-11,13-14,18H2,1-4H3/t20?,26-,27+,28+,29?. The molecule has 0 bridgehead atoms. The van der Waals surface area contributed by atoms with Gasteiger partial charge in [0.25, 0.3) is 0 Å². The Kier molecular flexibility index (Phi) is 11.0. The first-order chi connectivity index (χ1) is 23.6. The fourth-order valence-electron chi connectivity index (χ4n) is 6.85. The molecule has 0 radical (unpaired) electrons. The molecule has 272 valence electrons. The highest BCUT2D eigenvalue weighted by Crippen LogP contribution is 2.39. The number of hydrogen-bond acceptors (Lipinski definition) is 8. The van der Waals surface area contributed by atoms with Crippen LogP contribution in [0.4, 0.5) is 37.1 Å². The molecule has 0 unspecified atom stereocenters. The number of ether oxygens (including phenoxy) is 2. The molecule has 1 amide bonds. The summed E-state index contributed by atoms with van der Waals surface area (Å²) in [5, 5.41) is 4.14. The molecule has 0 N–H and O–H groups in total. The maximum atomic E-state index is 13.8. The van der Waals surface area contributed by atoms with Gasteiger partial charge in [0.05, 0.1) is 24.4 Å². The SMILES string of the molecule is CC[C@@H]1C[C@H](N(Cc2cc(C(F)(F)F)cc(C(F)(F)F)c2)c2ncc(-c3cnn(C)c3)cn2)C[C@H](CC)N1C(=O)OC1CC(CC(=O)OC)C1. The summed E-state index contributed by atoms with van der Waals surface area (Å²) in [5.41, 5.74) is -1.67. The average molecular weight is 711 g/mol. The predicted octanol–water partition coefficient (Wildman–Crippen LogP) is 7.42. The molecule has 16 heteroatoms. The number of alkyl halides is 6. The molecule has 3 aromatic rings. The minimum absolute atomic E-state index is 0.0711. The fourth-order valence-corrected chi connectivity index (χ4v) is 6.85. The topological polar surface area (TPSA) is 103 Å². The third kappa shape index (κ3) is 8.49. The number of carbonyl (C=O) groups is 2. The number of carbonyl (C=O) groups excluding carboxylic acids is 2. The minimum Gasteiger partial charge on any atom is -0.469 e. The van der Waals surface area contributed by atoms with Crippen molar-refractivity contribution in [2.45, 2.75) is 102 Å². The Morgan fingerprint density at radius 3 is 1.94 bits per heavy atom. The molecule has 2 aromatic heterocycles. The molecule has 0 spiro atoms. The lowest BCUT2D eigenvalue weighted by Gasteiger charge is -2.48. The number of amides is 1. The molecule has 1 saturated heterocycles. The smallest absolute Gasteiger partial charge is 0.416 e. The van der Waals surface area contributed by atoms with Crippen molar-refractivity contribution in [1.82, 2.24) is 24.6 Å². The molecule has 2 fully saturated rings. The van der Waals surface area contributed by atoms with Crippen molar-refractivity contribution in [3.05, 3.63) is 59.7 Å². The van der Waals surface area contributed by atoms with E-state index < -0.39 is 35.6 Å². The zero-order valence-electron chi connectivity index (χ0n) is 28.2. The average Bonchev–Trinajstić information content (AvgIpc) is 3.50. The number of anilines is 1. The normalized spacial score (nSPS) is 22.5. The number of likely N-dealkylation sites (tertiary alicyclic amines) is 1. The van der Waals surface area contributed by atoms with Crippen LogP contribution in [0, 0.1) is 5.92 Å². The highest BCUT2D eigenvalue weighted by molar-refractivity contribution is 5.70. The maximum Gasteiger partial charge on any atom is 0.416 e. The van der Waals surface area contributed by atoms with Gasteiger partial charge in [-0.1, -0.05) is 13.8 Å². The molecular formula is C34H40F6N6O4. The van der Waals surface area contributed by atoms with Crippen LogP contribution in [0.25, 0.3) is 11.1 Å². The Bertz CT molecular complexity index is 1590. The lowest BCUT2D eigenvalue weighted by atomic mass is 9.80. The summed E-state index contributed by atoms with van der Waals surface area (Å²) in [6.07, 6.45) is -1.32. The number of aryl methyl sites for hydroxylation is 1. The largest absolute Gasteiger partial charge is 0.469 e. The lowest BCUT2D eigenvalue weighted by molar-refractivity contribution is -0.144. The van der Waals surface area contributed by atoms with E-state index in [4.69, 9.17) is 9.47 Å². The third-order valence-electron chi connectivity index (χ3n) is 9.55. The van der Waals surface area contributed by atoms with Crippen LogP contribution in [0.3, 0.4) is 0 Å². The van der Waals surface area contributed by atoms with E-state index >= 15 is 0 Å². The summed E-state index contributed by atoms with van der Waals surface area (Å²) in [6.45, 7) is 3.47. The molecular weight excluding hydrogens is 670 g/mol. The van der Waals surface area contributed by atoms with Crippen LogP contribution in [0.15, 0.2) is 43.0 Å². The highest BCUT2D eigenvalue weighted by Gasteiger charge is 2.43. The number of piperidine rings is 1. The van der Waals surface area contributed by atoms with E-state index in [-0.39, 0.29) is 60.6 Å². The van der Waals surface area contributed by atoms with Crippen LogP contribution >= 0.6 is 0 Å². The number of esters is 1. The van der Waals surface area contributed by atoms with E-state index in [1.165, 1.54) is 19.5 Å². The van der Waals surface area contributed by atoms with Crippen LogP contribution < -0.4 is 4.90 Å². The van der Waals surface area contributed by atoms with Gasteiger partial charge in [0.1, 0.15) is 6.10 Å². The number of benzene rings is 1. The Hall–Kier alpha value is -4.37. The first-order valence-electron chi connectivity index (χ1n) is 16.5. The van der Waals surface area contributed by atoms with Crippen molar-refractivity contribution < 1.29 is 45.4 Å². The van der Waals surface area contributed by atoms with E-state index in [1.54, 1.807) is 33.9 Å². The summed E-state index contributed by atoms with van der Waals surface area (Å²) in [7, 11) is 3.07. The Balaban J connectivity index is 1.44. The Morgan fingerprint density at radius 2 is 1.46 bits per heavy atom. The Labute approximate surface area is 285 Å². The van der Waals surface area contributed by atoms with Gasteiger partial charge in [-0.15, -0.1) is 0 Å². The van der Waals surface area contributed by atoms with Gasteiger partial charge in [-0.25, -0.2) is 14.8 Å². The molecule has 50 heavy (non-hydrogen) atoms. The van der Waals surface area contributed by atoms with E-state index in [2.05, 4.69) is 15.1 Å². The first-order valence-corrected chi connectivity index (χ1v) is 16.5. The molecule has 3 heterocycles. The summed E-state index contributed by atoms with van der Waals surface area (Å²) in [4.78, 5) is 37.6. The number of methoxy groups -OCH3 is 1. The molecule has 1 saturated carbocycles. The first kappa shape index (κ1) is 36.9. The quantitative estimate of drug-likeness (QED) is 0.158. The van der Waals surface area contributed by atoms with Crippen LogP contribution in [0.1, 0.15) is 75.5 Å². The number of halogens is 6. The maximum absolute atomic E-state index is 13.8. The summed E-state index contributed by atoms with van der Waals surface area (Å²) in [6, 6.07) is 0.411. The van der Waals surface area contributed by atoms with Gasteiger partial charge in [-0.2, -0.15) is 31.4 Å². The molecule has 1 aromatic carbocycles. The molecule has 10 nitrogen and oxygen atoms in total. The second kappa shape index (κ2) is 14.9. The number of aromatic nitrogens is 4. The van der Waals surface area contributed by atoms with Gasteiger partial charge in [-0.3, -0.25) is 9.48 Å². The number of hydrogen-bond donors (Lipinski definition) is 0. The lowest BCUT2D eigenvalue weighted by Crippen LogP contribution is -2.57. The van der Waals surface area contributed by atoms with Crippen molar-refractivity contribution in [2.24, 2.45) is 13.0 Å². The van der Waals surface area contributed by atoms with Crippen LogP contribution in [-0.4, -0.2) is 68.1 Å². The van der Waals surface area contributed by atoms with Gasteiger partial charge in [0.15, 0.2) is 0 Å². The highest BCUT2D eigenvalue weighted by atomic mass is 19.4. The molecule has 1 aliphatic carbocycles. The van der Waals surface area contributed by atoms with Gasteiger partial charge >= 0.3 is 24.4 Å². The summed E-state index contributed by atoms with van der Waals surface area (Å²) >= 11 is 0. The van der Waals surface area contributed by atoms with Gasteiger partial charge in [0, 0.05) is 67.9 Å². The fraction of sp³-hybridized carbons (Fsp3) is 0.559. The second-order valence-corrected chi connectivity index (χ2v) is 13.0. The molecule has 3 atom stereocenters. The zero-order chi connectivity index (χ0) is 36.4. The van der Waals surface area contributed by atoms with Gasteiger partial charge in [-0.05, 0) is 68.2 Å². The monoisotopic (exact) mass is 710 g/mol. The summed E-state index contributed by atoms with van der Waals surface area (Å²) < 4.78 is 95.0. The van der Waals surface area contributed by atoms with Crippen LogP contribution in [-0.2, 0) is 40.2 Å². The van der Waals surface area contributed by atoms with Crippen molar-refractivity contribution in [3.8, 4) is 11.1 Å². The third-order valence-corrected chi connectivity index (χ3v) is 9.55. The van der Waals surface area contributed by atoms with E-state index in [9.17, 15) is 35.9 Å². The Morgan fingerprint density at radius 1 is 0.880 bits per heavy atom. The van der Waals surface area contributed by atoms with E-state index in [1.807, 2.05) is 13.8 Å². The number of nitrogens with zero attached hydrogens (tertiary/aromatic N) is 6. The number of rotatable bonds is 10. The van der Waals surface area contributed by atoms with E-state index in [0.29, 0.717) is 44.1 Å². The molecule has 1 aliphatic heterocycles. The second-order valence-electron chi connectivity index (χ2n) is 13.0. The molecule has 5 rings (SSSR count). The van der Waals surface area contributed by atoms with Crippen molar-refractivity contribution in [2.75, 3.05) is 12.0 Å². The molecule has 2 aliphatic rings. The van der Waals surface area contributed by atoms with Crippen molar-refractivity contribution >= 4 is 18.0 Å². The summed E-state index contributed by atoms with van der Waals surface area (Å²) in [5.74, 6) is -0.124. The zero-order valence-corrected chi connectivity index (χ0v) is 28.2. The van der Waals surface area contributed by atoms with Gasteiger partial charge in [0.2, 0.25) is 5.95 Å². The van der Waals surface area contributed by atoms with Crippen molar-refractivity contribution in [3.63, 3.8) is 0 Å². The minimum atomic E-state index is -5.01. The van der Waals surface area contributed by atoms with Crippen molar-refractivity contribution in [1.29, 1.82) is 0 Å². The van der Waals surface area contributed by atoms with E-state index in [0.717, 1.165) is 17.7 Å². The van der Waals surface area contributed by atoms with Crippen LogP contribution in [0.5, 0.6) is 0 Å². The van der Waals surface area contributed by atoms with Gasteiger partial charge < -0.3 is 19.3 Å². The van der Waals surface area contributed by atoms with Crippen LogP contribution in [0.2, 0.25) is 0 Å². The predicted molar refractivity (Wildman–Crippen MR) is 170 cm³/mol.